The summed E-state index contributed by atoms with van der Waals surface area (Å²) >= 11 is 0. The third-order valence-corrected chi connectivity index (χ3v) is 6.42. The highest BCUT2D eigenvalue weighted by atomic mass is 16.2. The summed E-state index contributed by atoms with van der Waals surface area (Å²) in [4.78, 5) is 15.5. The number of amides is 1. The Labute approximate surface area is 156 Å². The maximum absolute atomic E-state index is 13.5. The molecular weight excluding hydrogens is 320 g/mol. The van der Waals surface area contributed by atoms with E-state index in [1.165, 1.54) is 16.7 Å². The van der Waals surface area contributed by atoms with Gasteiger partial charge in [0, 0.05) is 19.0 Å². The molecule has 1 saturated heterocycles. The van der Waals surface area contributed by atoms with Gasteiger partial charge in [0.2, 0.25) is 5.91 Å². The maximum atomic E-state index is 13.5. The Morgan fingerprint density at radius 2 is 1.77 bits per heavy atom. The van der Waals surface area contributed by atoms with Crippen LogP contribution in [-0.4, -0.2) is 30.4 Å². The van der Waals surface area contributed by atoms with Gasteiger partial charge in [0.15, 0.2) is 0 Å². The lowest BCUT2D eigenvalue weighted by molar-refractivity contribution is -0.141. The van der Waals surface area contributed by atoms with Crippen LogP contribution >= 0.6 is 0 Å². The minimum Gasteiger partial charge on any atom is -0.341 e. The van der Waals surface area contributed by atoms with Crippen molar-refractivity contribution in [3.63, 3.8) is 0 Å². The van der Waals surface area contributed by atoms with E-state index in [2.05, 4.69) is 60.4 Å². The number of carbonyl (C=O) groups is 1. The molecule has 3 heteroatoms. The smallest absolute Gasteiger partial charge is 0.228 e. The molecule has 4 rings (SSSR count). The normalized spacial score (nSPS) is 28.0. The number of nitrogens with two attached hydrogens (primary N) is 1. The Balaban J connectivity index is 1.54. The van der Waals surface area contributed by atoms with Gasteiger partial charge in [-0.25, -0.2) is 0 Å². The third-order valence-electron chi connectivity index (χ3n) is 6.42. The maximum Gasteiger partial charge on any atom is 0.228 e. The number of carbonyl (C=O) groups excluding carboxylic acids is 1. The van der Waals surface area contributed by atoms with Crippen LogP contribution in [0.25, 0.3) is 0 Å². The number of fused-ring (bicyclic) bond motifs is 1. The average Bonchev–Trinajstić information content (AvgIpc) is 3.12. The molecule has 1 heterocycles. The minimum atomic E-state index is -0.293. The lowest BCUT2D eigenvalue weighted by atomic mass is 9.72. The van der Waals surface area contributed by atoms with Crippen molar-refractivity contribution in [3.05, 3.63) is 71.3 Å². The number of aryl methyl sites for hydroxylation is 1. The Kier molecular flexibility index (Phi) is 4.58. The summed E-state index contributed by atoms with van der Waals surface area (Å²) in [5.41, 5.74) is 9.81. The molecule has 0 radical (unpaired) electrons. The van der Waals surface area contributed by atoms with Crippen molar-refractivity contribution in [3.8, 4) is 0 Å². The molecule has 3 atom stereocenters. The molecule has 0 bridgehead atoms. The van der Waals surface area contributed by atoms with Crippen molar-refractivity contribution >= 4 is 5.91 Å². The summed E-state index contributed by atoms with van der Waals surface area (Å²) in [6, 6.07) is 19.1. The van der Waals surface area contributed by atoms with E-state index >= 15 is 0 Å². The lowest BCUT2D eigenvalue weighted by Crippen LogP contribution is -2.44. The lowest BCUT2D eigenvalue weighted by Gasteiger charge is -2.36. The molecule has 136 valence electrons. The van der Waals surface area contributed by atoms with Gasteiger partial charge in [-0.15, -0.1) is 0 Å². The van der Waals surface area contributed by atoms with Crippen LogP contribution in [0.2, 0.25) is 0 Å². The van der Waals surface area contributed by atoms with Crippen LogP contribution in [0.5, 0.6) is 0 Å². The predicted octanol–water partition coefficient (Wildman–Crippen LogP) is 3.38. The van der Waals surface area contributed by atoms with Crippen LogP contribution < -0.4 is 5.73 Å². The van der Waals surface area contributed by atoms with E-state index < -0.39 is 0 Å². The molecule has 0 spiro atoms. The molecule has 0 saturated carbocycles. The zero-order valence-electron chi connectivity index (χ0n) is 15.5. The second kappa shape index (κ2) is 6.88. The highest BCUT2D eigenvalue weighted by molar-refractivity contribution is 5.83. The van der Waals surface area contributed by atoms with Crippen molar-refractivity contribution < 1.29 is 4.79 Å². The number of rotatable bonds is 3. The number of benzene rings is 2. The van der Waals surface area contributed by atoms with E-state index in [4.69, 9.17) is 5.73 Å². The Hall–Kier alpha value is -2.13. The van der Waals surface area contributed by atoms with E-state index in [0.29, 0.717) is 24.3 Å². The summed E-state index contributed by atoms with van der Waals surface area (Å²) in [7, 11) is 0. The van der Waals surface area contributed by atoms with Crippen molar-refractivity contribution in [2.45, 2.75) is 32.1 Å². The van der Waals surface area contributed by atoms with Crippen LogP contribution in [0.15, 0.2) is 54.6 Å². The number of hydrogen-bond donors (Lipinski definition) is 1. The molecule has 1 aliphatic heterocycles. The van der Waals surface area contributed by atoms with Crippen molar-refractivity contribution in [2.24, 2.45) is 17.1 Å². The summed E-state index contributed by atoms with van der Waals surface area (Å²) in [5, 5.41) is 0. The second-order valence-electron chi connectivity index (χ2n) is 8.23. The molecule has 26 heavy (non-hydrogen) atoms. The first-order valence-electron chi connectivity index (χ1n) is 9.72. The standard InChI is InChI=1S/C23H28N2O/c1-23(12-11-17-7-5-6-10-19(17)13-23)22(26)25-15-20(14-24)21(16-25)18-8-3-2-4-9-18/h2-10,20-21H,11-16,24H2,1H3/t20-,21+,23?/m1/s1. The first kappa shape index (κ1) is 17.3. The van der Waals surface area contributed by atoms with Crippen LogP contribution in [-0.2, 0) is 17.6 Å². The van der Waals surface area contributed by atoms with E-state index in [1.807, 2.05) is 6.07 Å². The fourth-order valence-corrected chi connectivity index (χ4v) is 4.81. The second-order valence-corrected chi connectivity index (χ2v) is 8.23. The first-order valence-corrected chi connectivity index (χ1v) is 9.72. The molecule has 2 aromatic rings. The topological polar surface area (TPSA) is 46.3 Å². The van der Waals surface area contributed by atoms with Gasteiger partial charge in [0.05, 0.1) is 5.41 Å². The van der Waals surface area contributed by atoms with Crippen LogP contribution in [0.4, 0.5) is 0 Å². The fourth-order valence-electron chi connectivity index (χ4n) is 4.81. The van der Waals surface area contributed by atoms with Crippen molar-refractivity contribution in [1.82, 2.24) is 4.90 Å². The largest absolute Gasteiger partial charge is 0.341 e. The van der Waals surface area contributed by atoms with Gasteiger partial charge in [0.1, 0.15) is 0 Å². The molecule has 1 amide bonds. The Bertz CT molecular complexity index is 788. The van der Waals surface area contributed by atoms with E-state index in [-0.39, 0.29) is 5.41 Å². The van der Waals surface area contributed by atoms with Gasteiger partial charge in [-0.2, -0.15) is 0 Å². The van der Waals surface area contributed by atoms with Gasteiger partial charge in [0.25, 0.3) is 0 Å². The first-order chi connectivity index (χ1) is 12.6. The zero-order valence-corrected chi connectivity index (χ0v) is 15.5. The quantitative estimate of drug-likeness (QED) is 0.924. The highest BCUT2D eigenvalue weighted by Crippen LogP contribution is 2.40. The van der Waals surface area contributed by atoms with Crippen LogP contribution in [0.3, 0.4) is 0 Å². The molecular formula is C23H28N2O. The summed E-state index contributed by atoms with van der Waals surface area (Å²) in [6.07, 6.45) is 2.78. The minimum absolute atomic E-state index is 0.293. The van der Waals surface area contributed by atoms with Crippen LogP contribution in [0.1, 0.15) is 36.0 Å². The average molecular weight is 348 g/mol. The number of hydrogen-bond acceptors (Lipinski definition) is 2. The molecule has 3 nitrogen and oxygen atoms in total. The van der Waals surface area contributed by atoms with Gasteiger partial charge >= 0.3 is 0 Å². The zero-order chi connectivity index (χ0) is 18.1. The van der Waals surface area contributed by atoms with E-state index in [0.717, 1.165) is 32.4 Å². The molecule has 1 unspecified atom stereocenters. The summed E-state index contributed by atoms with van der Waals surface area (Å²) in [5.74, 6) is 1.01. The number of nitrogens with zero attached hydrogens (tertiary/aromatic N) is 1. The Morgan fingerprint density at radius 1 is 1.08 bits per heavy atom. The highest BCUT2D eigenvalue weighted by Gasteiger charge is 2.43. The summed E-state index contributed by atoms with van der Waals surface area (Å²) in [6.45, 7) is 4.36. The van der Waals surface area contributed by atoms with Gasteiger partial charge in [-0.1, -0.05) is 61.5 Å². The Morgan fingerprint density at radius 3 is 2.50 bits per heavy atom. The molecule has 2 aliphatic rings. The van der Waals surface area contributed by atoms with Gasteiger partial charge in [-0.3, -0.25) is 4.79 Å². The van der Waals surface area contributed by atoms with E-state index in [9.17, 15) is 4.79 Å². The summed E-state index contributed by atoms with van der Waals surface area (Å²) < 4.78 is 0. The third kappa shape index (κ3) is 3.05. The fraction of sp³-hybridized carbons (Fsp3) is 0.435. The van der Waals surface area contributed by atoms with Gasteiger partial charge in [-0.05, 0) is 48.4 Å². The number of likely N-dealkylation sites (tertiary alicyclic amines) is 1. The molecule has 1 fully saturated rings. The molecule has 2 N–H and O–H groups in total. The van der Waals surface area contributed by atoms with Crippen LogP contribution in [0, 0.1) is 11.3 Å². The van der Waals surface area contributed by atoms with Gasteiger partial charge < -0.3 is 10.6 Å². The van der Waals surface area contributed by atoms with Crippen molar-refractivity contribution in [1.29, 1.82) is 0 Å². The molecule has 2 aromatic carbocycles. The van der Waals surface area contributed by atoms with E-state index in [1.54, 1.807) is 0 Å². The molecule has 1 aliphatic carbocycles. The SMILES string of the molecule is CC1(C(=O)N2C[C@@H](CN)[C@H](c3ccccc3)C2)CCc2ccccc2C1. The monoisotopic (exact) mass is 348 g/mol. The predicted molar refractivity (Wildman–Crippen MR) is 105 cm³/mol. The van der Waals surface area contributed by atoms with Crippen molar-refractivity contribution in [2.75, 3.05) is 19.6 Å². The molecule has 0 aromatic heterocycles.